The average Bonchev–Trinajstić information content (AvgIpc) is 2.56. The first-order valence-electron chi connectivity index (χ1n) is 6.94. The lowest BCUT2D eigenvalue weighted by atomic mass is 10.1. The molecule has 3 aromatic carbocycles. The second-order valence-electron chi connectivity index (χ2n) is 5.02. The first-order valence-corrected chi connectivity index (χ1v) is 6.94. The first-order chi connectivity index (χ1) is 10.4. The summed E-state index contributed by atoms with van der Waals surface area (Å²) in [6.45, 7) is 0. The van der Waals surface area contributed by atoms with Crippen LogP contribution in [0.4, 0.5) is 28.4 Å². The molecule has 0 aromatic heterocycles. The highest BCUT2D eigenvalue weighted by Gasteiger charge is 2.26. The molecule has 1 aliphatic rings. The maximum atomic E-state index is 6.30. The maximum Gasteiger partial charge on any atom is 0.0800 e. The van der Waals surface area contributed by atoms with Crippen LogP contribution in [0.1, 0.15) is 0 Å². The molecule has 100 valence electrons. The number of hydrogen-bond donors (Lipinski definition) is 0. The van der Waals surface area contributed by atoms with Crippen LogP contribution in [0.25, 0.3) is 0 Å². The Labute approximate surface area is 124 Å². The second kappa shape index (κ2) is 4.67. The lowest BCUT2D eigenvalue weighted by Crippen LogP contribution is -2.22. The van der Waals surface area contributed by atoms with E-state index in [1.807, 2.05) is 42.5 Å². The molecule has 1 heterocycles. The fraction of sp³-hybridized carbons (Fsp3) is 0. The van der Waals surface area contributed by atoms with Crippen molar-refractivity contribution in [3.8, 4) is 0 Å². The second-order valence-corrected chi connectivity index (χ2v) is 5.02. The van der Waals surface area contributed by atoms with Crippen LogP contribution in [0.5, 0.6) is 0 Å². The van der Waals surface area contributed by atoms with Crippen molar-refractivity contribution in [1.29, 1.82) is 0 Å². The molecule has 0 saturated heterocycles. The zero-order valence-electron chi connectivity index (χ0n) is 11.5. The molecule has 0 unspecified atom stereocenters. The van der Waals surface area contributed by atoms with Crippen molar-refractivity contribution < 1.29 is 0 Å². The fourth-order valence-corrected chi connectivity index (χ4v) is 2.83. The molecular formula is C19H14N2. The van der Waals surface area contributed by atoms with Gasteiger partial charge in [-0.25, -0.2) is 0 Å². The highest BCUT2D eigenvalue weighted by Crippen LogP contribution is 2.50. The molecule has 0 N–H and O–H groups in total. The summed E-state index contributed by atoms with van der Waals surface area (Å²) in [6, 6.07) is 26.7. The highest BCUT2D eigenvalue weighted by atomic mass is 15.3. The molecule has 0 spiro atoms. The Bertz CT molecular complexity index is 733. The summed E-state index contributed by atoms with van der Waals surface area (Å²) in [4.78, 5) is 4.00. The van der Waals surface area contributed by atoms with E-state index >= 15 is 0 Å². The van der Waals surface area contributed by atoms with Crippen LogP contribution < -0.4 is 9.80 Å². The van der Waals surface area contributed by atoms with Gasteiger partial charge in [0.25, 0.3) is 0 Å². The number of benzene rings is 3. The maximum absolute atomic E-state index is 6.30. The van der Waals surface area contributed by atoms with Crippen LogP contribution >= 0.6 is 0 Å². The van der Waals surface area contributed by atoms with Crippen LogP contribution in [0, 0.1) is 7.05 Å². The summed E-state index contributed by atoms with van der Waals surface area (Å²) >= 11 is 0. The van der Waals surface area contributed by atoms with Gasteiger partial charge in [-0.1, -0.05) is 42.5 Å². The Morgan fingerprint density at radius 3 is 1.48 bits per heavy atom. The topological polar surface area (TPSA) is 6.48 Å². The molecular weight excluding hydrogens is 256 g/mol. The van der Waals surface area contributed by atoms with Gasteiger partial charge in [-0.2, -0.15) is 0 Å². The Balaban J connectivity index is 2.01. The van der Waals surface area contributed by atoms with Crippen molar-refractivity contribution in [2.75, 3.05) is 9.80 Å². The Kier molecular flexibility index (Phi) is 2.68. The Hall–Kier alpha value is -2.74. The predicted octanol–water partition coefficient (Wildman–Crippen LogP) is 5.28. The third-order valence-corrected chi connectivity index (χ3v) is 3.78. The van der Waals surface area contributed by atoms with Crippen LogP contribution in [-0.2, 0) is 0 Å². The van der Waals surface area contributed by atoms with Gasteiger partial charge in [0.15, 0.2) is 0 Å². The van der Waals surface area contributed by atoms with E-state index in [9.17, 15) is 0 Å². The molecule has 2 radical (unpaired) electrons. The zero-order chi connectivity index (χ0) is 14.2. The number of fused-ring (bicyclic) bond motifs is 2. The molecule has 0 atom stereocenters. The smallest absolute Gasteiger partial charge is 0.0800 e. The van der Waals surface area contributed by atoms with E-state index in [-0.39, 0.29) is 0 Å². The van der Waals surface area contributed by atoms with Gasteiger partial charge < -0.3 is 9.80 Å². The molecule has 3 aromatic rings. The van der Waals surface area contributed by atoms with Gasteiger partial charge in [-0.15, -0.1) is 0 Å². The van der Waals surface area contributed by atoms with E-state index < -0.39 is 0 Å². The molecule has 4 rings (SSSR count). The van der Waals surface area contributed by atoms with Crippen molar-refractivity contribution >= 4 is 28.4 Å². The SMILES string of the molecule is [CH]N1c2ccccc2N(c2ccccc2)c2ccccc21. The van der Waals surface area contributed by atoms with Crippen molar-refractivity contribution in [2.24, 2.45) is 0 Å². The fourth-order valence-electron chi connectivity index (χ4n) is 2.83. The average molecular weight is 270 g/mol. The summed E-state index contributed by atoms with van der Waals surface area (Å²) in [5, 5.41) is 0. The van der Waals surface area contributed by atoms with Crippen LogP contribution in [0.15, 0.2) is 78.9 Å². The third-order valence-electron chi connectivity index (χ3n) is 3.78. The van der Waals surface area contributed by atoms with Crippen LogP contribution in [0.3, 0.4) is 0 Å². The third kappa shape index (κ3) is 1.80. The number of nitrogens with zero attached hydrogens (tertiary/aromatic N) is 2. The minimum absolute atomic E-state index is 1.00. The quantitative estimate of drug-likeness (QED) is 0.594. The van der Waals surface area contributed by atoms with Gasteiger partial charge in [0, 0.05) is 5.69 Å². The van der Waals surface area contributed by atoms with Crippen molar-refractivity contribution in [3.05, 3.63) is 85.9 Å². The van der Waals surface area contributed by atoms with E-state index in [2.05, 4.69) is 41.3 Å². The summed E-state index contributed by atoms with van der Waals surface area (Å²) in [5.41, 5.74) is 5.31. The van der Waals surface area contributed by atoms with Crippen LogP contribution in [-0.4, -0.2) is 0 Å². The van der Waals surface area contributed by atoms with E-state index in [1.54, 1.807) is 4.90 Å². The van der Waals surface area contributed by atoms with E-state index in [1.165, 1.54) is 0 Å². The summed E-state index contributed by atoms with van der Waals surface area (Å²) in [6.07, 6.45) is 0. The minimum atomic E-state index is 1.00. The molecule has 0 bridgehead atoms. The van der Waals surface area contributed by atoms with Gasteiger partial charge in [0.05, 0.1) is 29.8 Å². The minimum Gasteiger partial charge on any atom is -0.331 e. The van der Waals surface area contributed by atoms with Gasteiger partial charge in [-0.3, -0.25) is 0 Å². The van der Waals surface area contributed by atoms with Crippen molar-refractivity contribution in [2.45, 2.75) is 0 Å². The summed E-state index contributed by atoms with van der Waals surface area (Å²) in [7, 11) is 6.30. The summed E-state index contributed by atoms with van der Waals surface area (Å²) < 4.78 is 0. The Morgan fingerprint density at radius 1 is 0.524 bits per heavy atom. The van der Waals surface area contributed by atoms with Crippen molar-refractivity contribution in [3.63, 3.8) is 0 Å². The number of para-hydroxylation sites is 5. The number of hydrogen-bond acceptors (Lipinski definition) is 2. The van der Waals surface area contributed by atoms with Gasteiger partial charge in [0.2, 0.25) is 0 Å². The molecule has 0 amide bonds. The summed E-state index contributed by atoms with van der Waals surface area (Å²) in [5.74, 6) is 0. The van der Waals surface area contributed by atoms with Crippen molar-refractivity contribution in [1.82, 2.24) is 0 Å². The first kappa shape index (κ1) is 12.0. The largest absolute Gasteiger partial charge is 0.331 e. The predicted molar refractivity (Wildman–Crippen MR) is 87.6 cm³/mol. The molecule has 0 saturated carbocycles. The van der Waals surface area contributed by atoms with E-state index in [0.717, 1.165) is 28.4 Å². The monoisotopic (exact) mass is 270 g/mol. The number of anilines is 5. The normalized spacial score (nSPS) is 12.8. The van der Waals surface area contributed by atoms with E-state index in [4.69, 9.17) is 7.05 Å². The lowest BCUT2D eigenvalue weighted by molar-refractivity contribution is 1.17. The highest BCUT2D eigenvalue weighted by molar-refractivity contribution is 5.97. The molecule has 1 aliphatic heterocycles. The number of rotatable bonds is 1. The molecule has 2 nitrogen and oxygen atoms in total. The Morgan fingerprint density at radius 2 is 0.952 bits per heavy atom. The van der Waals surface area contributed by atoms with Gasteiger partial charge >= 0.3 is 0 Å². The van der Waals surface area contributed by atoms with Gasteiger partial charge in [-0.05, 0) is 36.4 Å². The molecule has 0 fully saturated rings. The van der Waals surface area contributed by atoms with Crippen LogP contribution in [0.2, 0.25) is 0 Å². The molecule has 2 heteroatoms. The van der Waals surface area contributed by atoms with E-state index in [0.29, 0.717) is 0 Å². The lowest BCUT2D eigenvalue weighted by Gasteiger charge is -2.38. The molecule has 0 aliphatic carbocycles. The standard InChI is InChI=1S/C19H14N2/c1-20-16-11-5-7-13-18(16)21(15-9-3-2-4-10-15)19-14-8-6-12-17(19)20/h1-14H. The van der Waals surface area contributed by atoms with Gasteiger partial charge in [0.1, 0.15) is 0 Å². The zero-order valence-corrected chi connectivity index (χ0v) is 11.5. The molecule has 21 heavy (non-hydrogen) atoms.